The number of ether oxygens (including phenoxy) is 2. The van der Waals surface area contributed by atoms with Crippen LogP contribution < -0.4 is 14.8 Å². The molecule has 8 heteroatoms. The first kappa shape index (κ1) is 20.9. The molecular formula is C21H29N5O3. The highest BCUT2D eigenvalue weighted by atomic mass is 16.5. The van der Waals surface area contributed by atoms with E-state index in [4.69, 9.17) is 9.47 Å². The summed E-state index contributed by atoms with van der Waals surface area (Å²) < 4.78 is 10.6. The zero-order chi connectivity index (χ0) is 20.6. The van der Waals surface area contributed by atoms with E-state index < -0.39 is 0 Å². The number of hydrogen-bond donors (Lipinski definition) is 1. The number of benzene rings is 1. The number of nitrogens with one attached hydrogen (secondary N) is 1. The molecule has 1 N–H and O–H groups in total. The molecule has 0 saturated carbocycles. The number of carbonyl (C=O) groups excluding carboxylic acids is 1. The minimum Gasteiger partial charge on any atom is -0.493 e. The van der Waals surface area contributed by atoms with Gasteiger partial charge in [0.1, 0.15) is 5.82 Å². The highest BCUT2D eigenvalue weighted by Crippen LogP contribution is 2.27. The van der Waals surface area contributed by atoms with Crippen molar-refractivity contribution < 1.29 is 14.3 Å². The van der Waals surface area contributed by atoms with E-state index in [2.05, 4.69) is 27.3 Å². The summed E-state index contributed by atoms with van der Waals surface area (Å²) in [7, 11) is 3.25. The first-order valence-electron chi connectivity index (χ1n) is 9.94. The fraction of sp³-hybridized carbons (Fsp3) is 0.476. The second kappa shape index (κ2) is 10.1. The summed E-state index contributed by atoms with van der Waals surface area (Å²) in [6.45, 7) is 7.14. The zero-order valence-corrected chi connectivity index (χ0v) is 17.4. The van der Waals surface area contributed by atoms with Crippen LogP contribution in [-0.4, -0.2) is 79.4 Å². The molecule has 1 saturated heterocycles. The van der Waals surface area contributed by atoms with Crippen molar-refractivity contribution in [3.8, 4) is 11.5 Å². The molecule has 0 spiro atoms. The zero-order valence-electron chi connectivity index (χ0n) is 17.4. The van der Waals surface area contributed by atoms with Crippen molar-refractivity contribution in [2.45, 2.75) is 13.3 Å². The molecule has 1 aromatic heterocycles. The van der Waals surface area contributed by atoms with Crippen LogP contribution in [0.2, 0.25) is 0 Å². The molecule has 2 heterocycles. The van der Waals surface area contributed by atoms with Gasteiger partial charge >= 0.3 is 0 Å². The smallest absolute Gasteiger partial charge is 0.274 e. The third-order valence-electron chi connectivity index (χ3n) is 5.16. The maximum Gasteiger partial charge on any atom is 0.274 e. The Labute approximate surface area is 171 Å². The lowest BCUT2D eigenvalue weighted by Crippen LogP contribution is -2.48. The number of anilines is 1. The lowest BCUT2D eigenvalue weighted by atomic mass is 10.1. The fourth-order valence-electron chi connectivity index (χ4n) is 3.34. The van der Waals surface area contributed by atoms with Crippen LogP contribution in [0.15, 0.2) is 30.3 Å². The molecule has 0 atom stereocenters. The molecule has 8 nitrogen and oxygen atoms in total. The van der Waals surface area contributed by atoms with E-state index in [-0.39, 0.29) is 5.91 Å². The van der Waals surface area contributed by atoms with E-state index >= 15 is 0 Å². The maximum absolute atomic E-state index is 12.6. The molecule has 0 unspecified atom stereocenters. The summed E-state index contributed by atoms with van der Waals surface area (Å²) in [6, 6.07) is 9.41. The molecule has 0 aliphatic carbocycles. The van der Waals surface area contributed by atoms with Crippen molar-refractivity contribution in [1.29, 1.82) is 0 Å². The first-order chi connectivity index (χ1) is 14.1. The van der Waals surface area contributed by atoms with Gasteiger partial charge in [0.25, 0.3) is 5.91 Å². The van der Waals surface area contributed by atoms with Crippen LogP contribution in [-0.2, 0) is 6.42 Å². The van der Waals surface area contributed by atoms with Gasteiger partial charge in [-0.3, -0.25) is 4.79 Å². The highest BCUT2D eigenvalue weighted by Gasteiger charge is 2.22. The van der Waals surface area contributed by atoms with Crippen LogP contribution in [0.4, 0.5) is 5.82 Å². The Morgan fingerprint density at radius 2 is 1.79 bits per heavy atom. The molecule has 1 aliphatic rings. The number of aromatic nitrogens is 2. The van der Waals surface area contributed by atoms with Crippen molar-refractivity contribution >= 4 is 11.7 Å². The second-order valence-corrected chi connectivity index (χ2v) is 6.90. The van der Waals surface area contributed by atoms with E-state index in [1.807, 2.05) is 23.1 Å². The van der Waals surface area contributed by atoms with Gasteiger partial charge in [-0.05, 0) is 42.8 Å². The van der Waals surface area contributed by atoms with Crippen molar-refractivity contribution in [3.05, 3.63) is 41.6 Å². The Hall–Kier alpha value is -2.87. The highest BCUT2D eigenvalue weighted by molar-refractivity contribution is 5.92. The third kappa shape index (κ3) is 5.35. The number of amides is 1. The lowest BCUT2D eigenvalue weighted by molar-refractivity contribution is 0.0636. The van der Waals surface area contributed by atoms with Gasteiger partial charge in [-0.25, -0.2) is 0 Å². The number of nitrogens with zero attached hydrogens (tertiary/aromatic N) is 4. The monoisotopic (exact) mass is 399 g/mol. The summed E-state index contributed by atoms with van der Waals surface area (Å²) in [5.74, 6) is 2.03. The molecule has 0 radical (unpaired) electrons. The number of methoxy groups -OCH3 is 2. The summed E-state index contributed by atoms with van der Waals surface area (Å²) >= 11 is 0. The van der Waals surface area contributed by atoms with Crippen molar-refractivity contribution in [2.75, 3.05) is 58.8 Å². The number of hydrogen-bond acceptors (Lipinski definition) is 7. The maximum atomic E-state index is 12.6. The lowest BCUT2D eigenvalue weighted by Gasteiger charge is -2.33. The molecule has 1 aliphatic heterocycles. The molecular weight excluding hydrogens is 370 g/mol. The number of piperazine rings is 1. The van der Waals surface area contributed by atoms with Gasteiger partial charge < -0.3 is 24.6 Å². The van der Waals surface area contributed by atoms with E-state index in [1.165, 1.54) is 0 Å². The number of carbonyl (C=O) groups is 1. The molecule has 2 aromatic rings. The Morgan fingerprint density at radius 3 is 2.41 bits per heavy atom. The minimum atomic E-state index is -0.0508. The van der Waals surface area contributed by atoms with Crippen LogP contribution in [0.1, 0.15) is 23.0 Å². The Balaban J connectivity index is 1.50. The van der Waals surface area contributed by atoms with Gasteiger partial charge in [0.05, 0.1) is 14.2 Å². The topological polar surface area (TPSA) is 79.8 Å². The molecule has 3 rings (SSSR count). The Morgan fingerprint density at radius 1 is 1.03 bits per heavy atom. The summed E-state index contributed by atoms with van der Waals surface area (Å²) in [5.41, 5.74) is 1.52. The molecule has 29 heavy (non-hydrogen) atoms. The summed E-state index contributed by atoms with van der Waals surface area (Å²) in [5, 5.41) is 11.5. The Bertz CT molecular complexity index is 804. The van der Waals surface area contributed by atoms with Crippen molar-refractivity contribution in [3.63, 3.8) is 0 Å². The van der Waals surface area contributed by atoms with Crippen LogP contribution in [0.5, 0.6) is 11.5 Å². The predicted molar refractivity (Wildman–Crippen MR) is 112 cm³/mol. The van der Waals surface area contributed by atoms with Crippen molar-refractivity contribution in [2.24, 2.45) is 0 Å². The van der Waals surface area contributed by atoms with Crippen LogP contribution in [0.25, 0.3) is 0 Å². The van der Waals surface area contributed by atoms with E-state index in [0.717, 1.165) is 44.7 Å². The van der Waals surface area contributed by atoms with Crippen LogP contribution in [0.3, 0.4) is 0 Å². The molecule has 1 fully saturated rings. The summed E-state index contributed by atoms with van der Waals surface area (Å²) in [6.07, 6.45) is 0.796. The molecule has 156 valence electrons. The van der Waals surface area contributed by atoms with E-state index in [1.54, 1.807) is 26.4 Å². The van der Waals surface area contributed by atoms with Crippen LogP contribution in [0, 0.1) is 0 Å². The van der Waals surface area contributed by atoms with Crippen molar-refractivity contribution in [1.82, 2.24) is 20.0 Å². The number of rotatable bonds is 8. The predicted octanol–water partition coefficient (Wildman–Crippen LogP) is 1.93. The normalized spacial score (nSPS) is 14.5. The Kier molecular flexibility index (Phi) is 7.24. The van der Waals surface area contributed by atoms with Gasteiger partial charge in [0.2, 0.25) is 0 Å². The molecule has 1 amide bonds. The van der Waals surface area contributed by atoms with Crippen LogP contribution >= 0.6 is 0 Å². The van der Waals surface area contributed by atoms with E-state index in [0.29, 0.717) is 29.6 Å². The average molecular weight is 399 g/mol. The standard InChI is InChI=1S/C21H29N5O3/c1-4-25-11-13-26(14-12-25)21(27)17-6-8-20(24-23-17)22-10-9-16-5-7-18(28-2)19(15-16)29-3/h5-8,15H,4,9-14H2,1-3H3,(H,22,24). The van der Waals surface area contributed by atoms with Gasteiger partial charge in [0.15, 0.2) is 17.2 Å². The third-order valence-corrected chi connectivity index (χ3v) is 5.16. The minimum absolute atomic E-state index is 0.0508. The summed E-state index contributed by atoms with van der Waals surface area (Å²) in [4.78, 5) is 16.8. The van der Waals surface area contributed by atoms with Gasteiger partial charge in [-0.2, -0.15) is 0 Å². The first-order valence-corrected chi connectivity index (χ1v) is 9.94. The van der Waals surface area contributed by atoms with Gasteiger partial charge in [0, 0.05) is 32.7 Å². The quantitative estimate of drug-likeness (QED) is 0.726. The largest absolute Gasteiger partial charge is 0.493 e. The molecule has 0 bridgehead atoms. The fourth-order valence-corrected chi connectivity index (χ4v) is 3.34. The average Bonchev–Trinajstić information content (AvgIpc) is 2.79. The second-order valence-electron chi connectivity index (χ2n) is 6.90. The van der Waals surface area contributed by atoms with E-state index in [9.17, 15) is 4.79 Å². The SMILES string of the molecule is CCN1CCN(C(=O)c2ccc(NCCc3ccc(OC)c(OC)c3)nn2)CC1. The number of likely N-dealkylation sites (N-methyl/N-ethyl adjacent to an activating group) is 1. The van der Waals surface area contributed by atoms with Gasteiger partial charge in [-0.1, -0.05) is 13.0 Å². The molecule has 1 aromatic carbocycles. The van der Waals surface area contributed by atoms with Gasteiger partial charge in [-0.15, -0.1) is 10.2 Å².